The molecule has 3 heteroatoms. The van der Waals surface area contributed by atoms with Crippen molar-refractivity contribution in [2.24, 2.45) is 0 Å². The van der Waals surface area contributed by atoms with Gasteiger partial charge in [0.05, 0.1) is 0 Å². The van der Waals surface area contributed by atoms with E-state index in [0.29, 0.717) is 10.4 Å². The van der Waals surface area contributed by atoms with Crippen LogP contribution in [-0.2, 0) is 0 Å². The summed E-state index contributed by atoms with van der Waals surface area (Å²) in [5.74, 6) is -0.165. The number of hydrogen-bond acceptors (Lipinski definition) is 1. The highest BCUT2D eigenvalue weighted by Crippen LogP contribution is 2.34. The molecule has 0 aliphatic carbocycles. The molecule has 66 valence electrons. The Morgan fingerprint density at radius 3 is 2.23 bits per heavy atom. The van der Waals surface area contributed by atoms with Gasteiger partial charge in [-0.05, 0) is 16.8 Å². The summed E-state index contributed by atoms with van der Waals surface area (Å²) in [7, 11) is 0. The third kappa shape index (κ3) is 1.34. The van der Waals surface area contributed by atoms with Crippen molar-refractivity contribution in [2.75, 3.05) is 0 Å². The van der Waals surface area contributed by atoms with Crippen molar-refractivity contribution in [3.05, 3.63) is 40.4 Å². The first kappa shape index (κ1) is 8.67. The van der Waals surface area contributed by atoms with Crippen LogP contribution in [0.4, 0.5) is 0 Å². The number of rotatable bonds is 0. The average Bonchev–Trinajstić information content (AvgIpc) is 2.15. The first-order valence-electron chi connectivity index (χ1n) is 3.74. The summed E-state index contributed by atoms with van der Waals surface area (Å²) >= 11 is 11.6. The summed E-state index contributed by atoms with van der Waals surface area (Å²) in [4.78, 5) is 0. The van der Waals surface area contributed by atoms with E-state index in [9.17, 15) is 5.11 Å². The van der Waals surface area contributed by atoms with Gasteiger partial charge in [-0.1, -0.05) is 53.2 Å². The van der Waals surface area contributed by atoms with Crippen LogP contribution in [0.2, 0.25) is 10.0 Å². The monoisotopic (exact) mass is 211 g/mol. The summed E-state index contributed by atoms with van der Waals surface area (Å²) < 4.78 is 0. The van der Waals surface area contributed by atoms with Crippen molar-refractivity contribution < 1.29 is 5.11 Å². The fraction of sp³-hybridized carbons (Fsp3) is 0. The third-order valence-electron chi connectivity index (χ3n) is 1.90. The van der Waals surface area contributed by atoms with Gasteiger partial charge in [-0.15, -0.1) is 0 Å². The third-order valence-corrected chi connectivity index (χ3v) is 2.49. The Hall–Kier alpha value is -0.920. The quantitative estimate of drug-likeness (QED) is 0.657. The van der Waals surface area contributed by atoms with Crippen molar-refractivity contribution in [2.45, 2.75) is 0 Å². The Morgan fingerprint density at radius 2 is 1.54 bits per heavy atom. The lowest BCUT2D eigenvalue weighted by Crippen LogP contribution is -1.92. The number of hydrogen-bond donors (Lipinski definition) is 0. The molecule has 0 saturated heterocycles. The predicted molar refractivity (Wildman–Crippen MR) is 53.4 cm³/mol. The topological polar surface area (TPSA) is 23.1 Å². The zero-order chi connectivity index (χ0) is 9.42. The van der Waals surface area contributed by atoms with Crippen molar-refractivity contribution in [1.82, 2.24) is 0 Å². The highest BCUT2D eigenvalue weighted by molar-refractivity contribution is 6.39. The molecule has 2 aromatic carbocycles. The van der Waals surface area contributed by atoms with E-state index in [2.05, 4.69) is 0 Å². The Balaban J connectivity index is 2.97. The van der Waals surface area contributed by atoms with Crippen LogP contribution in [0.5, 0.6) is 5.75 Å². The van der Waals surface area contributed by atoms with Crippen molar-refractivity contribution in [1.29, 1.82) is 0 Å². The van der Waals surface area contributed by atoms with E-state index < -0.39 is 0 Å². The minimum Gasteiger partial charge on any atom is -0.871 e. The SMILES string of the molecule is [O-]c1c(Cl)cc(Cl)c2ccccc12. The molecular weight excluding hydrogens is 207 g/mol. The molecule has 2 aromatic rings. The Bertz CT molecular complexity index is 466. The average molecular weight is 212 g/mol. The number of benzene rings is 2. The van der Waals surface area contributed by atoms with Gasteiger partial charge >= 0.3 is 0 Å². The highest BCUT2D eigenvalue weighted by atomic mass is 35.5. The Kier molecular flexibility index (Phi) is 2.06. The minimum absolute atomic E-state index is 0.165. The van der Waals surface area contributed by atoms with Crippen LogP contribution in [0, 0.1) is 0 Å². The molecular formula is C10H5Cl2O-. The molecule has 0 atom stereocenters. The van der Waals surface area contributed by atoms with E-state index in [-0.39, 0.29) is 10.8 Å². The molecule has 0 spiro atoms. The first-order chi connectivity index (χ1) is 6.20. The zero-order valence-electron chi connectivity index (χ0n) is 6.55. The van der Waals surface area contributed by atoms with Gasteiger partial charge in [0.1, 0.15) is 0 Å². The summed E-state index contributed by atoms with van der Waals surface area (Å²) in [6.45, 7) is 0. The lowest BCUT2D eigenvalue weighted by atomic mass is 10.1. The molecule has 0 aliphatic rings. The van der Waals surface area contributed by atoms with Gasteiger partial charge in [-0.25, -0.2) is 0 Å². The summed E-state index contributed by atoms with van der Waals surface area (Å²) in [6.07, 6.45) is 0. The molecule has 0 aliphatic heterocycles. The molecule has 13 heavy (non-hydrogen) atoms. The molecule has 0 unspecified atom stereocenters. The van der Waals surface area contributed by atoms with Gasteiger partial charge in [-0.2, -0.15) is 0 Å². The summed E-state index contributed by atoms with van der Waals surface area (Å²) in [5.41, 5.74) is 0. The standard InChI is InChI=1S/C10H6Cl2O/c11-8-5-9(12)10(13)7-4-2-1-3-6(7)8/h1-5,13H/p-1. The maximum absolute atomic E-state index is 11.5. The second kappa shape index (κ2) is 3.09. The van der Waals surface area contributed by atoms with Gasteiger partial charge < -0.3 is 5.11 Å². The van der Waals surface area contributed by atoms with Crippen LogP contribution in [0.3, 0.4) is 0 Å². The Morgan fingerprint density at radius 1 is 0.923 bits per heavy atom. The highest BCUT2D eigenvalue weighted by Gasteiger charge is 2.01. The van der Waals surface area contributed by atoms with Gasteiger partial charge in [0.15, 0.2) is 0 Å². The molecule has 1 nitrogen and oxygen atoms in total. The minimum atomic E-state index is -0.165. The Labute approximate surface area is 85.5 Å². The summed E-state index contributed by atoms with van der Waals surface area (Å²) in [6, 6.07) is 8.62. The smallest absolute Gasteiger partial charge is 0.0498 e. The normalized spacial score (nSPS) is 10.6. The molecule has 0 saturated carbocycles. The molecule has 0 amide bonds. The molecule has 0 radical (unpaired) electrons. The maximum atomic E-state index is 11.5. The van der Waals surface area contributed by atoms with Crippen LogP contribution in [0.25, 0.3) is 10.8 Å². The lowest BCUT2D eigenvalue weighted by Gasteiger charge is -2.13. The molecule has 0 N–H and O–H groups in total. The summed E-state index contributed by atoms with van der Waals surface area (Å²) in [5, 5.41) is 13.5. The van der Waals surface area contributed by atoms with Crippen molar-refractivity contribution >= 4 is 34.0 Å². The van der Waals surface area contributed by atoms with E-state index in [4.69, 9.17) is 23.2 Å². The molecule has 2 rings (SSSR count). The fourth-order valence-electron chi connectivity index (χ4n) is 1.27. The van der Waals surface area contributed by atoms with Gasteiger partial charge in [0.2, 0.25) is 0 Å². The van der Waals surface area contributed by atoms with Gasteiger partial charge in [-0.3, -0.25) is 0 Å². The van der Waals surface area contributed by atoms with E-state index in [1.54, 1.807) is 18.2 Å². The van der Waals surface area contributed by atoms with Crippen LogP contribution in [-0.4, -0.2) is 0 Å². The second-order valence-electron chi connectivity index (χ2n) is 2.71. The first-order valence-corrected chi connectivity index (χ1v) is 4.49. The van der Waals surface area contributed by atoms with Crippen LogP contribution in [0.15, 0.2) is 30.3 Å². The fourth-order valence-corrected chi connectivity index (χ4v) is 1.81. The number of halogens is 2. The van der Waals surface area contributed by atoms with Gasteiger partial charge in [0.25, 0.3) is 0 Å². The lowest BCUT2D eigenvalue weighted by molar-refractivity contribution is -0.265. The molecule has 0 bridgehead atoms. The van der Waals surface area contributed by atoms with Crippen LogP contribution in [0.1, 0.15) is 0 Å². The largest absolute Gasteiger partial charge is 0.871 e. The van der Waals surface area contributed by atoms with Crippen molar-refractivity contribution in [3.63, 3.8) is 0 Å². The predicted octanol–water partition coefficient (Wildman–Crippen LogP) is 3.22. The second-order valence-corrected chi connectivity index (χ2v) is 3.53. The van der Waals surface area contributed by atoms with Crippen LogP contribution >= 0.6 is 23.2 Å². The zero-order valence-corrected chi connectivity index (χ0v) is 8.06. The van der Waals surface area contributed by atoms with E-state index in [0.717, 1.165) is 5.39 Å². The van der Waals surface area contributed by atoms with Crippen LogP contribution < -0.4 is 5.11 Å². The van der Waals surface area contributed by atoms with E-state index >= 15 is 0 Å². The van der Waals surface area contributed by atoms with E-state index in [1.165, 1.54) is 6.07 Å². The molecule has 0 heterocycles. The maximum Gasteiger partial charge on any atom is 0.0498 e. The van der Waals surface area contributed by atoms with Gasteiger partial charge in [0, 0.05) is 10.0 Å². The van der Waals surface area contributed by atoms with E-state index in [1.807, 2.05) is 6.07 Å². The number of fused-ring (bicyclic) bond motifs is 1. The molecule has 0 aromatic heterocycles. The van der Waals surface area contributed by atoms with Crippen molar-refractivity contribution in [3.8, 4) is 5.75 Å². The molecule has 0 fully saturated rings.